The second-order valence-electron chi connectivity index (χ2n) is 4.35. The first-order chi connectivity index (χ1) is 9.20. The van der Waals surface area contributed by atoms with E-state index in [1.807, 2.05) is 0 Å². The number of benzene rings is 1. The first kappa shape index (κ1) is 13.4. The van der Waals surface area contributed by atoms with Crippen molar-refractivity contribution >= 4 is 11.9 Å². The van der Waals surface area contributed by atoms with Gasteiger partial charge >= 0.3 is 5.97 Å². The molecule has 5 nitrogen and oxygen atoms in total. The third-order valence-corrected chi connectivity index (χ3v) is 2.68. The number of carbonyl (C=O) groups excluding carboxylic acids is 2. The molecule has 102 valence electrons. The molecule has 0 bridgehead atoms. The van der Waals surface area contributed by atoms with Crippen molar-refractivity contribution in [2.45, 2.75) is 25.8 Å². The Kier molecular flexibility index (Phi) is 4.39. The fraction of sp³-hybridized carbons (Fsp3) is 0.429. The zero-order valence-corrected chi connectivity index (χ0v) is 10.8. The van der Waals surface area contributed by atoms with Crippen molar-refractivity contribution in [2.24, 2.45) is 0 Å². The van der Waals surface area contributed by atoms with E-state index in [1.165, 1.54) is 0 Å². The van der Waals surface area contributed by atoms with E-state index in [0.29, 0.717) is 24.0 Å². The van der Waals surface area contributed by atoms with Gasteiger partial charge in [-0.25, -0.2) is 4.79 Å². The quantitative estimate of drug-likeness (QED) is 0.790. The highest BCUT2D eigenvalue weighted by atomic mass is 16.5. The molecule has 0 spiro atoms. The van der Waals surface area contributed by atoms with Crippen molar-refractivity contribution in [1.82, 2.24) is 5.32 Å². The largest absolute Gasteiger partial charge is 0.483 e. The molecule has 1 aromatic carbocycles. The molecule has 1 amide bonds. The minimum absolute atomic E-state index is 0.0904. The Hall–Kier alpha value is -2.04. The van der Waals surface area contributed by atoms with E-state index in [9.17, 15) is 9.59 Å². The molecule has 1 aliphatic carbocycles. The molecule has 0 heterocycles. The average molecular weight is 263 g/mol. The molecule has 0 unspecified atom stereocenters. The zero-order chi connectivity index (χ0) is 13.7. The van der Waals surface area contributed by atoms with Crippen molar-refractivity contribution < 1.29 is 19.1 Å². The van der Waals surface area contributed by atoms with Crippen LogP contribution in [-0.4, -0.2) is 31.1 Å². The minimum Gasteiger partial charge on any atom is -0.483 e. The SMILES string of the molecule is CCOC(=O)c1ccccc1OCC(=O)NC1CC1. The summed E-state index contributed by atoms with van der Waals surface area (Å²) < 4.78 is 10.3. The molecule has 19 heavy (non-hydrogen) atoms. The Labute approximate surface area is 111 Å². The lowest BCUT2D eigenvalue weighted by atomic mass is 10.2. The van der Waals surface area contributed by atoms with Gasteiger partial charge in [0, 0.05) is 6.04 Å². The molecule has 0 saturated heterocycles. The Morgan fingerprint density at radius 3 is 2.74 bits per heavy atom. The summed E-state index contributed by atoms with van der Waals surface area (Å²) >= 11 is 0. The third-order valence-electron chi connectivity index (χ3n) is 2.68. The summed E-state index contributed by atoms with van der Waals surface area (Å²) in [5.74, 6) is -0.242. The van der Waals surface area contributed by atoms with E-state index in [-0.39, 0.29) is 12.5 Å². The topological polar surface area (TPSA) is 64.6 Å². The van der Waals surface area contributed by atoms with Crippen LogP contribution < -0.4 is 10.1 Å². The van der Waals surface area contributed by atoms with Gasteiger partial charge in [-0.2, -0.15) is 0 Å². The second kappa shape index (κ2) is 6.22. The second-order valence-corrected chi connectivity index (χ2v) is 4.35. The van der Waals surface area contributed by atoms with Crippen LogP contribution in [0.25, 0.3) is 0 Å². The summed E-state index contributed by atoms with van der Waals surface area (Å²) in [6, 6.07) is 7.04. The Morgan fingerprint density at radius 2 is 2.05 bits per heavy atom. The van der Waals surface area contributed by atoms with Gasteiger partial charge in [0.05, 0.1) is 6.61 Å². The maximum atomic E-state index is 11.7. The summed E-state index contributed by atoms with van der Waals surface area (Å²) in [4.78, 5) is 23.2. The van der Waals surface area contributed by atoms with E-state index in [1.54, 1.807) is 31.2 Å². The highest BCUT2D eigenvalue weighted by Gasteiger charge is 2.23. The Morgan fingerprint density at radius 1 is 1.32 bits per heavy atom. The molecule has 1 aromatic rings. The summed E-state index contributed by atoms with van der Waals surface area (Å²) in [6.45, 7) is 1.95. The fourth-order valence-corrected chi connectivity index (χ4v) is 1.61. The van der Waals surface area contributed by atoms with Crippen molar-refractivity contribution in [1.29, 1.82) is 0 Å². The number of nitrogens with one attached hydrogen (secondary N) is 1. The number of amides is 1. The Bertz CT molecular complexity index is 468. The van der Waals surface area contributed by atoms with Crippen molar-refractivity contribution in [3.8, 4) is 5.75 Å². The number of esters is 1. The van der Waals surface area contributed by atoms with E-state index in [0.717, 1.165) is 12.8 Å². The molecule has 1 aliphatic rings. The van der Waals surface area contributed by atoms with Crippen LogP contribution >= 0.6 is 0 Å². The first-order valence-electron chi connectivity index (χ1n) is 6.39. The number of carbonyl (C=O) groups is 2. The van der Waals surface area contributed by atoms with Gasteiger partial charge in [-0.1, -0.05) is 12.1 Å². The predicted octanol–water partition coefficient (Wildman–Crippen LogP) is 1.52. The summed E-state index contributed by atoms with van der Waals surface area (Å²) in [5, 5.41) is 2.82. The van der Waals surface area contributed by atoms with Crippen LogP contribution in [0.1, 0.15) is 30.1 Å². The number of ether oxygens (including phenoxy) is 2. The van der Waals surface area contributed by atoms with Gasteiger partial charge in [-0.3, -0.25) is 4.79 Å². The zero-order valence-electron chi connectivity index (χ0n) is 10.8. The fourth-order valence-electron chi connectivity index (χ4n) is 1.61. The smallest absolute Gasteiger partial charge is 0.341 e. The standard InChI is InChI=1S/C14H17NO4/c1-2-18-14(17)11-5-3-4-6-12(11)19-9-13(16)15-10-7-8-10/h3-6,10H,2,7-9H2,1H3,(H,15,16). The van der Waals surface area contributed by atoms with Crippen molar-refractivity contribution in [3.63, 3.8) is 0 Å². The van der Waals surface area contributed by atoms with Gasteiger partial charge in [0.2, 0.25) is 0 Å². The summed E-state index contributed by atoms with van der Waals surface area (Å²) in [5.41, 5.74) is 0.337. The van der Waals surface area contributed by atoms with Gasteiger partial charge in [0.1, 0.15) is 11.3 Å². The molecule has 1 saturated carbocycles. The molecular weight excluding hydrogens is 246 g/mol. The first-order valence-corrected chi connectivity index (χ1v) is 6.39. The highest BCUT2D eigenvalue weighted by Crippen LogP contribution is 2.20. The molecular formula is C14H17NO4. The maximum absolute atomic E-state index is 11.7. The highest BCUT2D eigenvalue weighted by molar-refractivity contribution is 5.92. The average Bonchev–Trinajstić information content (AvgIpc) is 3.21. The molecule has 0 aromatic heterocycles. The van der Waals surface area contributed by atoms with Gasteiger partial charge in [-0.15, -0.1) is 0 Å². The monoisotopic (exact) mass is 263 g/mol. The lowest BCUT2D eigenvalue weighted by molar-refractivity contribution is -0.123. The molecule has 0 atom stereocenters. The van der Waals surface area contributed by atoms with Crippen LogP contribution in [0.15, 0.2) is 24.3 Å². The van der Waals surface area contributed by atoms with Crippen LogP contribution in [0.2, 0.25) is 0 Å². The van der Waals surface area contributed by atoms with E-state index < -0.39 is 5.97 Å². The maximum Gasteiger partial charge on any atom is 0.341 e. The third kappa shape index (κ3) is 3.98. The van der Waals surface area contributed by atoms with Gasteiger partial charge in [0.25, 0.3) is 5.91 Å². The van der Waals surface area contributed by atoms with Crippen LogP contribution in [0.5, 0.6) is 5.75 Å². The van der Waals surface area contributed by atoms with E-state index in [4.69, 9.17) is 9.47 Å². The number of hydrogen-bond acceptors (Lipinski definition) is 4. The molecule has 0 radical (unpaired) electrons. The number of rotatable bonds is 6. The molecule has 0 aliphatic heterocycles. The Balaban J connectivity index is 1.94. The van der Waals surface area contributed by atoms with Gasteiger partial charge < -0.3 is 14.8 Å². The summed E-state index contributed by atoms with van der Waals surface area (Å²) in [7, 11) is 0. The van der Waals surface area contributed by atoms with Gasteiger partial charge in [-0.05, 0) is 31.9 Å². The molecule has 2 rings (SSSR count). The van der Waals surface area contributed by atoms with E-state index >= 15 is 0 Å². The molecule has 5 heteroatoms. The van der Waals surface area contributed by atoms with E-state index in [2.05, 4.69) is 5.32 Å². The van der Waals surface area contributed by atoms with Crippen molar-refractivity contribution in [3.05, 3.63) is 29.8 Å². The van der Waals surface area contributed by atoms with Gasteiger partial charge in [0.15, 0.2) is 6.61 Å². The lowest BCUT2D eigenvalue weighted by Crippen LogP contribution is -2.30. The van der Waals surface area contributed by atoms with Crippen LogP contribution in [0.4, 0.5) is 0 Å². The number of para-hydroxylation sites is 1. The lowest BCUT2D eigenvalue weighted by Gasteiger charge is -2.10. The normalized spacial score (nSPS) is 13.7. The predicted molar refractivity (Wildman–Crippen MR) is 69.1 cm³/mol. The summed E-state index contributed by atoms with van der Waals surface area (Å²) in [6.07, 6.45) is 2.07. The molecule has 1 N–H and O–H groups in total. The molecule has 1 fully saturated rings. The van der Waals surface area contributed by atoms with Crippen molar-refractivity contribution in [2.75, 3.05) is 13.2 Å². The number of hydrogen-bond donors (Lipinski definition) is 1. The minimum atomic E-state index is -0.444. The van der Waals surface area contributed by atoms with Crippen LogP contribution in [-0.2, 0) is 9.53 Å². The van der Waals surface area contributed by atoms with Crippen LogP contribution in [0.3, 0.4) is 0 Å². The van der Waals surface area contributed by atoms with Crippen LogP contribution in [0, 0.1) is 0 Å².